The van der Waals surface area contributed by atoms with E-state index in [0.29, 0.717) is 15.7 Å². The Kier molecular flexibility index (Phi) is 7.06. The van der Waals surface area contributed by atoms with Crippen molar-refractivity contribution in [2.75, 3.05) is 19.0 Å². The van der Waals surface area contributed by atoms with Gasteiger partial charge in [0.1, 0.15) is 5.82 Å². The minimum absolute atomic E-state index is 0.0145. The number of ether oxygens (including phenoxy) is 1. The lowest BCUT2D eigenvalue weighted by molar-refractivity contribution is -0.116. The van der Waals surface area contributed by atoms with Gasteiger partial charge < -0.3 is 15.4 Å². The van der Waals surface area contributed by atoms with E-state index in [9.17, 15) is 18.8 Å². The predicted molar refractivity (Wildman–Crippen MR) is 102 cm³/mol. The first-order valence-electron chi connectivity index (χ1n) is 8.04. The van der Waals surface area contributed by atoms with E-state index >= 15 is 0 Å². The number of esters is 1. The van der Waals surface area contributed by atoms with Crippen molar-refractivity contribution in [2.45, 2.75) is 13.3 Å². The molecule has 2 amide bonds. The Bertz CT molecular complexity index is 886. The second-order valence-corrected chi connectivity index (χ2v) is 6.55. The van der Waals surface area contributed by atoms with Crippen LogP contribution in [0.3, 0.4) is 0 Å². The van der Waals surface area contributed by atoms with Crippen LogP contribution in [0.1, 0.15) is 32.7 Å². The molecular formula is C19H18BrFN2O4. The number of carbonyl (C=O) groups is 3. The largest absolute Gasteiger partial charge is 0.465 e. The molecule has 142 valence electrons. The van der Waals surface area contributed by atoms with Gasteiger partial charge in [0.25, 0.3) is 5.91 Å². The molecule has 2 rings (SSSR count). The van der Waals surface area contributed by atoms with Crippen LogP contribution in [-0.2, 0) is 9.53 Å². The van der Waals surface area contributed by atoms with Crippen LogP contribution in [0, 0.1) is 12.7 Å². The number of aryl methyl sites for hydroxylation is 1. The molecule has 0 aliphatic rings. The topological polar surface area (TPSA) is 84.5 Å². The van der Waals surface area contributed by atoms with E-state index < -0.39 is 17.7 Å². The summed E-state index contributed by atoms with van der Waals surface area (Å²) in [5.41, 5.74) is 1.74. The third-order valence-electron chi connectivity index (χ3n) is 3.74. The molecule has 2 aromatic rings. The molecule has 0 atom stereocenters. The number of hydrogen-bond donors (Lipinski definition) is 2. The zero-order valence-corrected chi connectivity index (χ0v) is 16.4. The molecule has 0 aliphatic heterocycles. The lowest BCUT2D eigenvalue weighted by Gasteiger charge is -2.11. The van der Waals surface area contributed by atoms with Gasteiger partial charge in [0.2, 0.25) is 5.91 Å². The van der Waals surface area contributed by atoms with E-state index in [1.165, 1.54) is 25.3 Å². The van der Waals surface area contributed by atoms with Crippen molar-refractivity contribution in [3.8, 4) is 0 Å². The highest BCUT2D eigenvalue weighted by Crippen LogP contribution is 2.19. The van der Waals surface area contributed by atoms with E-state index in [1.807, 2.05) is 0 Å². The van der Waals surface area contributed by atoms with Gasteiger partial charge in [0, 0.05) is 23.1 Å². The fourth-order valence-electron chi connectivity index (χ4n) is 2.27. The van der Waals surface area contributed by atoms with Crippen LogP contribution in [-0.4, -0.2) is 31.4 Å². The van der Waals surface area contributed by atoms with Crippen LogP contribution < -0.4 is 10.6 Å². The highest BCUT2D eigenvalue weighted by atomic mass is 79.9. The molecular weight excluding hydrogens is 419 g/mol. The predicted octanol–water partition coefficient (Wildman–Crippen LogP) is 3.44. The molecule has 0 radical (unpaired) electrons. The molecule has 2 aromatic carbocycles. The first-order chi connectivity index (χ1) is 12.8. The van der Waals surface area contributed by atoms with E-state index in [2.05, 4.69) is 31.3 Å². The molecule has 0 spiro atoms. The third-order valence-corrected chi connectivity index (χ3v) is 4.43. The van der Waals surface area contributed by atoms with Gasteiger partial charge in [-0.3, -0.25) is 9.59 Å². The smallest absolute Gasteiger partial charge is 0.337 e. The maximum Gasteiger partial charge on any atom is 0.337 e. The number of methoxy groups -OCH3 is 1. The van der Waals surface area contributed by atoms with Crippen LogP contribution in [0.4, 0.5) is 10.1 Å². The molecule has 0 fully saturated rings. The number of nitrogens with one attached hydrogen (secondary N) is 2. The standard InChI is InChI=1S/C19H18BrFN2O4/c1-11-3-4-12(19(26)27-2)9-16(11)23-17(24)7-8-22-18(25)14-10-13(21)5-6-15(14)20/h3-6,9-10H,7-8H2,1-2H3,(H,22,25)(H,23,24). The summed E-state index contributed by atoms with van der Waals surface area (Å²) in [5, 5.41) is 5.26. The molecule has 0 aromatic heterocycles. The molecule has 0 saturated heterocycles. The quantitative estimate of drug-likeness (QED) is 0.679. The molecule has 0 heterocycles. The number of rotatable bonds is 6. The first-order valence-corrected chi connectivity index (χ1v) is 8.83. The van der Waals surface area contributed by atoms with Crippen LogP contribution in [0.25, 0.3) is 0 Å². The van der Waals surface area contributed by atoms with E-state index in [0.717, 1.165) is 11.6 Å². The molecule has 0 saturated carbocycles. The maximum absolute atomic E-state index is 13.3. The zero-order chi connectivity index (χ0) is 20.0. The Morgan fingerprint density at radius 1 is 1.15 bits per heavy atom. The van der Waals surface area contributed by atoms with Crippen LogP contribution in [0.15, 0.2) is 40.9 Å². The number of anilines is 1. The van der Waals surface area contributed by atoms with Gasteiger partial charge in [-0.1, -0.05) is 6.07 Å². The summed E-state index contributed by atoms with van der Waals surface area (Å²) >= 11 is 3.18. The van der Waals surface area contributed by atoms with E-state index in [4.69, 9.17) is 0 Å². The molecule has 0 unspecified atom stereocenters. The van der Waals surface area contributed by atoms with Crippen molar-refractivity contribution in [1.82, 2.24) is 5.32 Å². The first kappa shape index (κ1) is 20.6. The van der Waals surface area contributed by atoms with Crippen molar-refractivity contribution >= 4 is 39.4 Å². The van der Waals surface area contributed by atoms with Gasteiger partial charge in [-0.25, -0.2) is 9.18 Å². The van der Waals surface area contributed by atoms with Crippen LogP contribution >= 0.6 is 15.9 Å². The van der Waals surface area contributed by atoms with E-state index in [1.54, 1.807) is 19.1 Å². The summed E-state index contributed by atoms with van der Waals surface area (Å²) < 4.78 is 18.4. The number of hydrogen-bond acceptors (Lipinski definition) is 4. The fourth-order valence-corrected chi connectivity index (χ4v) is 2.70. The molecule has 6 nitrogen and oxygen atoms in total. The Morgan fingerprint density at radius 2 is 1.89 bits per heavy atom. The number of carbonyl (C=O) groups excluding carboxylic acids is 3. The highest BCUT2D eigenvalue weighted by molar-refractivity contribution is 9.10. The van der Waals surface area contributed by atoms with Gasteiger partial charge in [-0.05, 0) is 58.7 Å². The highest BCUT2D eigenvalue weighted by Gasteiger charge is 2.13. The van der Waals surface area contributed by atoms with Gasteiger partial charge in [-0.2, -0.15) is 0 Å². The Hall–Kier alpha value is -2.74. The van der Waals surface area contributed by atoms with Crippen molar-refractivity contribution in [2.24, 2.45) is 0 Å². The molecule has 8 heteroatoms. The molecule has 0 aliphatic carbocycles. The molecule has 2 N–H and O–H groups in total. The second-order valence-electron chi connectivity index (χ2n) is 5.70. The summed E-state index contributed by atoms with van der Waals surface area (Å²) in [4.78, 5) is 35.8. The van der Waals surface area contributed by atoms with Crippen LogP contribution in [0.2, 0.25) is 0 Å². The molecule has 0 bridgehead atoms. The van der Waals surface area contributed by atoms with Gasteiger partial charge in [0.05, 0.1) is 18.2 Å². The van der Waals surface area contributed by atoms with Crippen molar-refractivity contribution in [1.29, 1.82) is 0 Å². The summed E-state index contributed by atoms with van der Waals surface area (Å²) in [7, 11) is 1.28. The van der Waals surface area contributed by atoms with E-state index in [-0.39, 0.29) is 24.4 Å². The summed E-state index contributed by atoms with van der Waals surface area (Å²) in [6.07, 6.45) is 0.0145. The van der Waals surface area contributed by atoms with Gasteiger partial charge >= 0.3 is 5.97 Å². The maximum atomic E-state index is 13.3. The number of amides is 2. The lowest BCUT2D eigenvalue weighted by Crippen LogP contribution is -2.28. The summed E-state index contributed by atoms with van der Waals surface area (Å²) in [5.74, 6) is -1.85. The van der Waals surface area contributed by atoms with Gasteiger partial charge in [-0.15, -0.1) is 0 Å². The minimum atomic E-state index is -0.526. The zero-order valence-electron chi connectivity index (χ0n) is 14.8. The average Bonchev–Trinajstić information content (AvgIpc) is 2.64. The monoisotopic (exact) mass is 436 g/mol. The SMILES string of the molecule is COC(=O)c1ccc(C)c(NC(=O)CCNC(=O)c2cc(F)ccc2Br)c1. The number of benzene rings is 2. The summed E-state index contributed by atoms with van der Waals surface area (Å²) in [6, 6.07) is 8.62. The Labute approximate surface area is 164 Å². The lowest BCUT2D eigenvalue weighted by atomic mass is 10.1. The minimum Gasteiger partial charge on any atom is -0.465 e. The fraction of sp³-hybridized carbons (Fsp3) is 0.211. The average molecular weight is 437 g/mol. The second kappa shape index (κ2) is 9.27. The summed E-state index contributed by atoms with van der Waals surface area (Å²) in [6.45, 7) is 1.86. The van der Waals surface area contributed by atoms with Gasteiger partial charge in [0.15, 0.2) is 0 Å². The number of halogens is 2. The van der Waals surface area contributed by atoms with Crippen LogP contribution in [0.5, 0.6) is 0 Å². The van der Waals surface area contributed by atoms with Crippen molar-refractivity contribution in [3.05, 3.63) is 63.4 Å². The Balaban J connectivity index is 1.92. The third kappa shape index (κ3) is 5.62. The normalized spacial score (nSPS) is 10.2. The van der Waals surface area contributed by atoms with Crippen molar-refractivity contribution < 1.29 is 23.5 Å². The molecule has 27 heavy (non-hydrogen) atoms. The van der Waals surface area contributed by atoms with Crippen molar-refractivity contribution in [3.63, 3.8) is 0 Å². The Morgan fingerprint density at radius 3 is 2.59 bits per heavy atom.